The monoisotopic (exact) mass is 251 g/mol. The number of halogens is 1. The van der Waals surface area contributed by atoms with Crippen LogP contribution in [0.25, 0.3) is 0 Å². The Labute approximate surface area is 106 Å². The van der Waals surface area contributed by atoms with Crippen molar-refractivity contribution in [2.45, 2.75) is 33.1 Å². The highest BCUT2D eigenvalue weighted by Gasteiger charge is 2.82. The van der Waals surface area contributed by atoms with Gasteiger partial charge in [-0.2, -0.15) is 0 Å². The maximum atomic E-state index is 13.4. The van der Waals surface area contributed by atoms with E-state index >= 15 is 0 Å². The fourth-order valence-electron chi connectivity index (χ4n) is 3.49. The molecule has 2 rings (SSSR count). The predicted octanol–water partition coefficient (Wildman–Crippen LogP) is 2.80. The molecule has 1 aliphatic rings. The van der Waals surface area contributed by atoms with E-state index in [1.165, 1.54) is 18.2 Å². The lowest BCUT2D eigenvalue weighted by atomic mass is 9.85. The van der Waals surface area contributed by atoms with E-state index in [1.54, 1.807) is 0 Å². The first-order valence-corrected chi connectivity index (χ1v) is 5.89. The summed E-state index contributed by atoms with van der Waals surface area (Å²) in [5, 5.41) is 9.67. The normalized spacial score (nSPS) is 22.5. The Morgan fingerprint density at radius 2 is 1.72 bits per heavy atom. The van der Waals surface area contributed by atoms with E-state index in [0.29, 0.717) is 11.3 Å². The zero-order valence-corrected chi connectivity index (χ0v) is 11.0. The number of anilines is 1. The van der Waals surface area contributed by atoms with E-state index in [9.17, 15) is 14.3 Å². The highest BCUT2D eigenvalue weighted by Crippen LogP contribution is 2.78. The van der Waals surface area contributed by atoms with Crippen LogP contribution < -0.4 is 5.73 Å². The molecule has 0 saturated heterocycles. The van der Waals surface area contributed by atoms with Crippen LogP contribution in [0.1, 0.15) is 33.3 Å². The number of rotatable bonds is 2. The first kappa shape index (κ1) is 12.9. The van der Waals surface area contributed by atoms with Gasteiger partial charge in [0, 0.05) is 5.69 Å². The summed E-state index contributed by atoms with van der Waals surface area (Å²) in [7, 11) is 0. The number of hydrogen-bond donors (Lipinski definition) is 2. The largest absolute Gasteiger partial charge is 0.481 e. The lowest BCUT2D eigenvalue weighted by Gasteiger charge is -2.19. The lowest BCUT2D eigenvalue weighted by Crippen LogP contribution is -2.29. The van der Waals surface area contributed by atoms with Crippen molar-refractivity contribution in [3.05, 3.63) is 29.6 Å². The molecule has 0 bridgehead atoms. The molecule has 0 aliphatic heterocycles. The average molecular weight is 251 g/mol. The number of carboxylic acid groups (broad SMARTS) is 1. The Bertz CT molecular complexity index is 521. The summed E-state index contributed by atoms with van der Waals surface area (Å²) < 4.78 is 13.4. The number of nitrogen functional groups attached to an aromatic ring is 1. The molecule has 1 saturated carbocycles. The molecule has 1 aromatic rings. The molecule has 0 atom stereocenters. The molecule has 18 heavy (non-hydrogen) atoms. The first-order valence-electron chi connectivity index (χ1n) is 5.89. The van der Waals surface area contributed by atoms with E-state index in [0.717, 1.165) is 0 Å². The molecule has 0 aromatic heterocycles. The van der Waals surface area contributed by atoms with Crippen LogP contribution in [-0.4, -0.2) is 11.1 Å². The summed E-state index contributed by atoms with van der Waals surface area (Å²) in [5.74, 6) is -1.41. The van der Waals surface area contributed by atoms with Crippen molar-refractivity contribution in [2.24, 2.45) is 10.8 Å². The van der Waals surface area contributed by atoms with Gasteiger partial charge in [-0.3, -0.25) is 4.79 Å². The number of aliphatic carboxylic acids is 1. The molecule has 0 radical (unpaired) electrons. The van der Waals surface area contributed by atoms with Crippen LogP contribution >= 0.6 is 0 Å². The van der Waals surface area contributed by atoms with Crippen LogP contribution in [0.5, 0.6) is 0 Å². The standard InChI is InChI=1S/C14H18FNO2/c1-12(2)13(3,4)14(12,11(17)18)9-7-8(15)5-6-10(9)16/h5-7H,16H2,1-4H3,(H,17,18). The van der Waals surface area contributed by atoms with Crippen LogP contribution in [0.2, 0.25) is 0 Å². The minimum atomic E-state index is -1.13. The molecule has 0 spiro atoms. The molecular weight excluding hydrogens is 233 g/mol. The second-order valence-corrected chi connectivity index (χ2v) is 6.04. The second kappa shape index (κ2) is 3.25. The zero-order chi connectivity index (χ0) is 13.9. The SMILES string of the molecule is CC1(C)C(C)(C)C1(C(=O)O)c1cc(F)ccc1N. The van der Waals surface area contributed by atoms with Gasteiger partial charge in [0.2, 0.25) is 0 Å². The predicted molar refractivity (Wildman–Crippen MR) is 67.7 cm³/mol. The topological polar surface area (TPSA) is 63.3 Å². The molecule has 1 aliphatic carbocycles. The fourth-order valence-corrected chi connectivity index (χ4v) is 3.49. The van der Waals surface area contributed by atoms with E-state index in [4.69, 9.17) is 5.73 Å². The number of carboxylic acids is 1. The summed E-state index contributed by atoms with van der Waals surface area (Å²) in [4.78, 5) is 11.8. The van der Waals surface area contributed by atoms with Gasteiger partial charge in [-0.25, -0.2) is 4.39 Å². The summed E-state index contributed by atoms with van der Waals surface area (Å²) in [5.41, 5.74) is 4.49. The smallest absolute Gasteiger partial charge is 0.315 e. The van der Waals surface area contributed by atoms with Crippen LogP contribution in [0.4, 0.5) is 10.1 Å². The molecular formula is C14H18FNO2. The Balaban J connectivity index is 2.74. The van der Waals surface area contributed by atoms with Crippen molar-refractivity contribution in [1.82, 2.24) is 0 Å². The van der Waals surface area contributed by atoms with Crippen LogP contribution in [0.3, 0.4) is 0 Å². The number of hydrogen-bond acceptors (Lipinski definition) is 2. The molecule has 3 nitrogen and oxygen atoms in total. The minimum Gasteiger partial charge on any atom is -0.481 e. The maximum absolute atomic E-state index is 13.4. The van der Waals surface area contributed by atoms with Crippen molar-refractivity contribution in [3.63, 3.8) is 0 Å². The summed E-state index contributed by atoms with van der Waals surface area (Å²) in [6, 6.07) is 3.93. The van der Waals surface area contributed by atoms with Crippen molar-refractivity contribution < 1.29 is 14.3 Å². The summed E-state index contributed by atoms with van der Waals surface area (Å²) in [6.07, 6.45) is 0. The van der Waals surface area contributed by atoms with Gasteiger partial charge in [0.1, 0.15) is 11.2 Å². The van der Waals surface area contributed by atoms with Crippen molar-refractivity contribution in [3.8, 4) is 0 Å². The van der Waals surface area contributed by atoms with E-state index in [-0.39, 0.29) is 0 Å². The fraction of sp³-hybridized carbons (Fsp3) is 0.500. The van der Waals surface area contributed by atoms with Gasteiger partial charge in [-0.1, -0.05) is 27.7 Å². The number of carbonyl (C=O) groups is 1. The van der Waals surface area contributed by atoms with Gasteiger partial charge in [0.05, 0.1) is 0 Å². The van der Waals surface area contributed by atoms with Gasteiger partial charge < -0.3 is 10.8 Å². The minimum absolute atomic E-state index is 0.331. The van der Waals surface area contributed by atoms with Crippen molar-refractivity contribution >= 4 is 11.7 Å². The Kier molecular flexibility index (Phi) is 2.32. The third-order valence-corrected chi connectivity index (χ3v) is 5.12. The first-order chi connectivity index (χ1) is 8.10. The van der Waals surface area contributed by atoms with Gasteiger partial charge in [0.15, 0.2) is 0 Å². The molecule has 1 aromatic carbocycles. The molecule has 3 N–H and O–H groups in total. The van der Waals surface area contributed by atoms with Crippen molar-refractivity contribution in [1.29, 1.82) is 0 Å². The van der Waals surface area contributed by atoms with Crippen molar-refractivity contribution in [2.75, 3.05) is 5.73 Å². The quantitative estimate of drug-likeness (QED) is 0.794. The molecule has 4 heteroatoms. The second-order valence-electron chi connectivity index (χ2n) is 6.04. The molecule has 1 fully saturated rings. The molecule has 0 heterocycles. The number of nitrogens with two attached hydrogens (primary N) is 1. The molecule has 98 valence electrons. The Hall–Kier alpha value is -1.58. The van der Waals surface area contributed by atoms with E-state index in [2.05, 4.69) is 0 Å². The van der Waals surface area contributed by atoms with Crippen LogP contribution in [-0.2, 0) is 10.2 Å². The number of benzene rings is 1. The molecule has 0 unspecified atom stereocenters. The van der Waals surface area contributed by atoms with E-state index in [1.807, 2.05) is 27.7 Å². The maximum Gasteiger partial charge on any atom is 0.315 e. The van der Waals surface area contributed by atoms with Gasteiger partial charge in [0.25, 0.3) is 0 Å². The zero-order valence-electron chi connectivity index (χ0n) is 11.0. The highest BCUT2D eigenvalue weighted by molar-refractivity contribution is 5.91. The van der Waals surface area contributed by atoms with Gasteiger partial charge >= 0.3 is 5.97 Å². The lowest BCUT2D eigenvalue weighted by molar-refractivity contribution is -0.141. The third-order valence-electron chi connectivity index (χ3n) is 5.12. The van der Waals surface area contributed by atoms with Gasteiger partial charge in [-0.15, -0.1) is 0 Å². The van der Waals surface area contributed by atoms with Crippen LogP contribution in [0.15, 0.2) is 18.2 Å². The highest BCUT2D eigenvalue weighted by atomic mass is 19.1. The Morgan fingerprint density at radius 3 is 2.11 bits per heavy atom. The average Bonchev–Trinajstić information content (AvgIpc) is 2.58. The third kappa shape index (κ3) is 1.11. The molecule has 0 amide bonds. The van der Waals surface area contributed by atoms with Crippen LogP contribution in [0, 0.1) is 16.6 Å². The van der Waals surface area contributed by atoms with E-state index < -0.39 is 28.0 Å². The van der Waals surface area contributed by atoms with Gasteiger partial charge in [-0.05, 0) is 34.6 Å². The Morgan fingerprint density at radius 1 is 1.22 bits per heavy atom. The summed E-state index contributed by atoms with van der Waals surface area (Å²) >= 11 is 0. The summed E-state index contributed by atoms with van der Waals surface area (Å²) in [6.45, 7) is 7.52.